The van der Waals surface area contributed by atoms with Crippen molar-refractivity contribution < 1.29 is 4.74 Å². The fraction of sp³-hybridized carbons (Fsp3) is 0.750. The normalized spacial score (nSPS) is 18.4. The average Bonchev–Trinajstić information content (AvgIpc) is 2.39. The fourth-order valence-electron chi connectivity index (χ4n) is 1.88. The molecular weight excluding hydrogens is 230 g/mol. The molecule has 0 aromatic rings. The first kappa shape index (κ1) is 14.8. The molecule has 0 spiro atoms. The van der Waals surface area contributed by atoms with E-state index in [1.54, 1.807) is 7.11 Å². The molecule has 0 unspecified atom stereocenters. The molecule has 1 rings (SSSR count). The summed E-state index contributed by atoms with van der Waals surface area (Å²) in [4.78, 5) is 2.07. The van der Waals surface area contributed by atoms with Gasteiger partial charge in [0.15, 0.2) is 0 Å². The zero-order valence-electron chi connectivity index (χ0n) is 11.5. The minimum absolute atomic E-state index is 0.213. The Morgan fingerprint density at radius 2 is 2.17 bits per heavy atom. The monoisotopic (exact) mass is 255 g/mol. The number of methoxy groups -OCH3 is 1. The molecule has 0 aromatic carbocycles. The number of hydrogen-bond acceptors (Lipinski definition) is 5. The molecule has 0 saturated carbocycles. The Morgan fingerprint density at radius 3 is 2.72 bits per heavy atom. The largest absolute Gasteiger partial charge is 0.383 e. The topological polar surface area (TPSA) is 72.4 Å². The summed E-state index contributed by atoms with van der Waals surface area (Å²) in [5, 5.41) is 17.7. The van der Waals surface area contributed by atoms with Crippen molar-refractivity contribution in [3.63, 3.8) is 0 Å². The van der Waals surface area contributed by atoms with E-state index in [0.29, 0.717) is 12.4 Å². The van der Waals surface area contributed by atoms with E-state index in [-0.39, 0.29) is 6.04 Å². The van der Waals surface area contributed by atoms with Crippen LogP contribution in [0.25, 0.3) is 0 Å². The van der Waals surface area contributed by atoms with Crippen molar-refractivity contribution in [1.29, 1.82) is 5.41 Å². The van der Waals surface area contributed by atoms with Gasteiger partial charge in [0.2, 0.25) is 0 Å². The van der Waals surface area contributed by atoms with E-state index in [9.17, 15) is 0 Å². The van der Waals surface area contributed by atoms with Gasteiger partial charge in [0.1, 0.15) is 11.7 Å². The van der Waals surface area contributed by atoms with E-state index in [1.165, 1.54) is 0 Å². The van der Waals surface area contributed by atoms with Crippen LogP contribution < -0.4 is 16.0 Å². The second-order valence-electron chi connectivity index (χ2n) is 4.43. The summed E-state index contributed by atoms with van der Waals surface area (Å²) in [6, 6.07) is 0.213. The molecule has 18 heavy (non-hydrogen) atoms. The molecule has 0 bridgehead atoms. The Bertz CT molecular complexity index is 286. The van der Waals surface area contributed by atoms with Gasteiger partial charge in [-0.3, -0.25) is 5.41 Å². The third-order valence-electron chi connectivity index (χ3n) is 2.83. The summed E-state index contributed by atoms with van der Waals surface area (Å²) in [6.45, 7) is 6.35. The van der Waals surface area contributed by atoms with Gasteiger partial charge in [-0.1, -0.05) is 0 Å². The lowest BCUT2D eigenvalue weighted by Gasteiger charge is -2.29. The molecular formula is C12H25N5O. The van der Waals surface area contributed by atoms with Gasteiger partial charge in [0, 0.05) is 52.5 Å². The molecule has 0 radical (unpaired) electrons. The van der Waals surface area contributed by atoms with Crippen LogP contribution in [-0.4, -0.2) is 63.7 Å². The number of amidine groups is 1. The smallest absolute Gasteiger partial charge is 0.124 e. The van der Waals surface area contributed by atoms with E-state index in [0.717, 1.165) is 32.0 Å². The molecule has 1 atom stereocenters. The van der Waals surface area contributed by atoms with Gasteiger partial charge in [0.25, 0.3) is 0 Å². The van der Waals surface area contributed by atoms with Crippen molar-refractivity contribution in [2.45, 2.75) is 13.0 Å². The zero-order valence-corrected chi connectivity index (χ0v) is 11.5. The second-order valence-corrected chi connectivity index (χ2v) is 4.43. The Morgan fingerprint density at radius 1 is 1.50 bits per heavy atom. The number of rotatable bonds is 6. The van der Waals surface area contributed by atoms with Gasteiger partial charge < -0.3 is 25.6 Å². The summed E-state index contributed by atoms with van der Waals surface area (Å²) < 4.78 is 5.08. The van der Waals surface area contributed by atoms with Gasteiger partial charge in [0.05, 0.1) is 6.61 Å². The van der Waals surface area contributed by atoms with E-state index < -0.39 is 0 Å². The lowest BCUT2D eigenvalue weighted by Crippen LogP contribution is -2.46. The SMILES string of the molecule is CNC(=CC(=N)N1CCNCC1)N[C@H](C)COC. The quantitative estimate of drug-likeness (QED) is 0.382. The first-order chi connectivity index (χ1) is 8.67. The molecule has 0 amide bonds. The van der Waals surface area contributed by atoms with E-state index in [4.69, 9.17) is 10.1 Å². The first-order valence-corrected chi connectivity index (χ1v) is 6.36. The van der Waals surface area contributed by atoms with Crippen LogP contribution in [0.15, 0.2) is 11.9 Å². The van der Waals surface area contributed by atoms with Crippen molar-refractivity contribution in [3.05, 3.63) is 11.9 Å². The van der Waals surface area contributed by atoms with Gasteiger partial charge in [-0.15, -0.1) is 0 Å². The van der Waals surface area contributed by atoms with Crippen molar-refractivity contribution in [1.82, 2.24) is 20.9 Å². The molecule has 1 heterocycles. The van der Waals surface area contributed by atoms with Crippen LogP contribution in [0.5, 0.6) is 0 Å². The van der Waals surface area contributed by atoms with Gasteiger partial charge in [-0.25, -0.2) is 0 Å². The van der Waals surface area contributed by atoms with Crippen LogP contribution in [0.3, 0.4) is 0 Å². The van der Waals surface area contributed by atoms with Crippen LogP contribution in [0.1, 0.15) is 6.92 Å². The summed E-state index contributed by atoms with van der Waals surface area (Å²) in [7, 11) is 3.53. The highest BCUT2D eigenvalue weighted by molar-refractivity contribution is 5.90. The van der Waals surface area contributed by atoms with Gasteiger partial charge in [-0.2, -0.15) is 0 Å². The third-order valence-corrected chi connectivity index (χ3v) is 2.83. The molecule has 1 aliphatic heterocycles. The average molecular weight is 255 g/mol. The molecule has 4 N–H and O–H groups in total. The van der Waals surface area contributed by atoms with E-state index >= 15 is 0 Å². The standard InChI is InChI=1S/C12H25N5O/c1-10(9-18-3)16-12(14-2)8-11(13)17-6-4-15-5-7-17/h8,10,13-16H,4-7,9H2,1-3H3/t10-/m1/s1. The molecule has 0 aromatic heterocycles. The van der Waals surface area contributed by atoms with Crippen LogP contribution >= 0.6 is 0 Å². The Labute approximate surface area is 109 Å². The Balaban J connectivity index is 2.51. The van der Waals surface area contributed by atoms with Crippen LogP contribution in [0, 0.1) is 5.41 Å². The number of hydrogen-bond donors (Lipinski definition) is 4. The van der Waals surface area contributed by atoms with Crippen molar-refractivity contribution in [2.75, 3.05) is 46.9 Å². The highest BCUT2D eigenvalue weighted by Gasteiger charge is 2.12. The minimum Gasteiger partial charge on any atom is -0.383 e. The molecule has 1 saturated heterocycles. The first-order valence-electron chi connectivity index (χ1n) is 6.36. The lowest BCUT2D eigenvalue weighted by molar-refractivity contribution is 0.175. The number of piperazine rings is 1. The Kier molecular flexibility index (Phi) is 6.53. The third kappa shape index (κ3) is 4.93. The highest BCUT2D eigenvalue weighted by atomic mass is 16.5. The maximum atomic E-state index is 8.07. The summed E-state index contributed by atoms with van der Waals surface area (Å²) in [5.74, 6) is 1.39. The zero-order chi connectivity index (χ0) is 13.4. The predicted molar refractivity (Wildman–Crippen MR) is 73.8 cm³/mol. The fourth-order valence-corrected chi connectivity index (χ4v) is 1.88. The molecule has 1 aliphatic rings. The molecule has 0 aliphatic carbocycles. The van der Waals surface area contributed by atoms with Crippen LogP contribution in [0.4, 0.5) is 0 Å². The maximum absolute atomic E-state index is 8.07. The van der Waals surface area contributed by atoms with E-state index in [1.807, 2.05) is 20.0 Å². The van der Waals surface area contributed by atoms with Gasteiger partial charge >= 0.3 is 0 Å². The van der Waals surface area contributed by atoms with Crippen molar-refractivity contribution in [3.8, 4) is 0 Å². The second kappa shape index (κ2) is 7.94. The highest BCUT2D eigenvalue weighted by Crippen LogP contribution is 1.97. The number of nitrogens with one attached hydrogen (secondary N) is 4. The lowest BCUT2D eigenvalue weighted by atomic mass is 10.3. The summed E-state index contributed by atoms with van der Waals surface area (Å²) in [5.41, 5.74) is 0. The Hall–Kier alpha value is -1.27. The van der Waals surface area contributed by atoms with Crippen molar-refractivity contribution in [2.24, 2.45) is 0 Å². The molecule has 1 fully saturated rings. The number of nitrogens with zero attached hydrogens (tertiary/aromatic N) is 1. The minimum atomic E-state index is 0.213. The summed E-state index contributed by atoms with van der Waals surface area (Å²) >= 11 is 0. The van der Waals surface area contributed by atoms with Crippen LogP contribution in [-0.2, 0) is 4.74 Å². The van der Waals surface area contributed by atoms with Crippen LogP contribution in [0.2, 0.25) is 0 Å². The molecule has 6 heteroatoms. The number of ether oxygens (including phenoxy) is 1. The maximum Gasteiger partial charge on any atom is 0.124 e. The predicted octanol–water partition coefficient (Wildman–Crippen LogP) is -0.446. The van der Waals surface area contributed by atoms with Gasteiger partial charge in [-0.05, 0) is 6.92 Å². The molecule has 6 nitrogen and oxygen atoms in total. The summed E-state index contributed by atoms with van der Waals surface area (Å²) in [6.07, 6.45) is 1.83. The molecule has 104 valence electrons. The van der Waals surface area contributed by atoms with E-state index in [2.05, 4.69) is 20.9 Å². The van der Waals surface area contributed by atoms with Crippen molar-refractivity contribution >= 4 is 5.84 Å².